The van der Waals surface area contributed by atoms with Gasteiger partial charge in [0.2, 0.25) is 0 Å². The van der Waals surface area contributed by atoms with Gasteiger partial charge in [0.15, 0.2) is 0 Å². The standard InChI is InChI=1S/C13H14BrNS/c1-8-3-4-11(14)10(7-8)13-6-5-12(16-13)9(2)15/h3-7,9H,15H2,1-2H3. The van der Waals surface area contributed by atoms with Gasteiger partial charge in [-0.05, 0) is 38.1 Å². The average Bonchev–Trinajstić information content (AvgIpc) is 2.70. The first-order valence-electron chi connectivity index (χ1n) is 5.20. The van der Waals surface area contributed by atoms with Gasteiger partial charge in [-0.15, -0.1) is 11.3 Å². The van der Waals surface area contributed by atoms with Crippen molar-refractivity contribution in [1.29, 1.82) is 0 Å². The molecule has 0 aliphatic rings. The molecule has 0 saturated heterocycles. The Morgan fingerprint density at radius 1 is 1.25 bits per heavy atom. The molecule has 1 nitrogen and oxygen atoms in total. The zero-order valence-corrected chi connectivity index (χ0v) is 11.7. The van der Waals surface area contributed by atoms with Gasteiger partial charge in [0.05, 0.1) is 0 Å². The molecule has 0 saturated carbocycles. The fourth-order valence-corrected chi connectivity index (χ4v) is 3.15. The fourth-order valence-electron chi connectivity index (χ4n) is 1.57. The van der Waals surface area contributed by atoms with E-state index in [1.54, 1.807) is 11.3 Å². The summed E-state index contributed by atoms with van der Waals surface area (Å²) >= 11 is 5.35. The third-order valence-electron chi connectivity index (χ3n) is 2.46. The van der Waals surface area contributed by atoms with Gasteiger partial charge in [-0.3, -0.25) is 0 Å². The van der Waals surface area contributed by atoms with E-state index in [0.717, 1.165) is 4.47 Å². The van der Waals surface area contributed by atoms with Gasteiger partial charge in [-0.25, -0.2) is 0 Å². The lowest BCUT2D eigenvalue weighted by Crippen LogP contribution is -2.01. The van der Waals surface area contributed by atoms with E-state index in [4.69, 9.17) is 5.73 Å². The van der Waals surface area contributed by atoms with Crippen molar-refractivity contribution in [3.05, 3.63) is 45.2 Å². The molecule has 0 fully saturated rings. The number of hydrogen-bond acceptors (Lipinski definition) is 2. The highest BCUT2D eigenvalue weighted by atomic mass is 79.9. The van der Waals surface area contributed by atoms with E-state index >= 15 is 0 Å². The van der Waals surface area contributed by atoms with E-state index in [0.29, 0.717) is 0 Å². The quantitative estimate of drug-likeness (QED) is 0.867. The molecule has 1 heterocycles. The summed E-state index contributed by atoms with van der Waals surface area (Å²) in [5, 5.41) is 0. The molecular formula is C13H14BrNS. The van der Waals surface area contributed by atoms with Gasteiger partial charge in [-0.1, -0.05) is 27.6 Å². The molecule has 0 spiro atoms. The van der Waals surface area contributed by atoms with Gasteiger partial charge >= 0.3 is 0 Å². The van der Waals surface area contributed by atoms with E-state index in [2.05, 4.69) is 53.2 Å². The first kappa shape index (κ1) is 11.8. The van der Waals surface area contributed by atoms with Crippen LogP contribution in [-0.4, -0.2) is 0 Å². The Morgan fingerprint density at radius 2 is 2.00 bits per heavy atom. The lowest BCUT2D eigenvalue weighted by Gasteiger charge is -2.03. The summed E-state index contributed by atoms with van der Waals surface area (Å²) in [5.74, 6) is 0. The Bertz CT molecular complexity index is 502. The van der Waals surface area contributed by atoms with E-state index in [-0.39, 0.29) is 6.04 Å². The van der Waals surface area contributed by atoms with Crippen molar-refractivity contribution in [3.63, 3.8) is 0 Å². The van der Waals surface area contributed by atoms with Crippen LogP contribution in [0.3, 0.4) is 0 Å². The smallest absolute Gasteiger partial charge is 0.0361 e. The first-order chi connectivity index (χ1) is 7.58. The molecule has 2 N–H and O–H groups in total. The number of aryl methyl sites for hydroxylation is 1. The maximum atomic E-state index is 5.87. The van der Waals surface area contributed by atoms with E-state index in [1.807, 2.05) is 6.92 Å². The van der Waals surface area contributed by atoms with E-state index < -0.39 is 0 Å². The summed E-state index contributed by atoms with van der Waals surface area (Å²) in [6.07, 6.45) is 0. The minimum absolute atomic E-state index is 0.113. The summed E-state index contributed by atoms with van der Waals surface area (Å²) in [7, 11) is 0. The van der Waals surface area contributed by atoms with Crippen LogP contribution >= 0.6 is 27.3 Å². The Labute approximate surface area is 108 Å². The number of thiophene rings is 1. The van der Waals surface area contributed by atoms with Crippen LogP contribution in [0.4, 0.5) is 0 Å². The lowest BCUT2D eigenvalue weighted by molar-refractivity contribution is 0.838. The Balaban J connectivity index is 2.46. The molecule has 2 rings (SSSR count). The summed E-state index contributed by atoms with van der Waals surface area (Å²) in [4.78, 5) is 2.49. The second kappa shape index (κ2) is 4.70. The van der Waals surface area contributed by atoms with Gasteiger partial charge in [0.25, 0.3) is 0 Å². The van der Waals surface area contributed by atoms with Crippen molar-refractivity contribution in [2.75, 3.05) is 0 Å². The molecule has 0 amide bonds. The molecule has 0 radical (unpaired) electrons. The summed E-state index contributed by atoms with van der Waals surface area (Å²) in [6.45, 7) is 4.12. The third-order valence-corrected chi connectivity index (χ3v) is 4.47. The highest BCUT2D eigenvalue weighted by Gasteiger charge is 2.08. The number of benzene rings is 1. The van der Waals surface area contributed by atoms with Crippen molar-refractivity contribution in [2.24, 2.45) is 5.73 Å². The average molecular weight is 296 g/mol. The highest BCUT2D eigenvalue weighted by molar-refractivity contribution is 9.10. The molecule has 0 aliphatic carbocycles. The second-order valence-corrected chi connectivity index (χ2v) is 5.94. The Kier molecular flexibility index (Phi) is 3.47. The van der Waals surface area contributed by atoms with Crippen LogP contribution in [0, 0.1) is 6.92 Å². The van der Waals surface area contributed by atoms with Crippen LogP contribution in [-0.2, 0) is 0 Å². The number of rotatable bonds is 2. The molecule has 2 aromatic rings. The van der Waals surface area contributed by atoms with Gasteiger partial charge in [0, 0.05) is 25.8 Å². The van der Waals surface area contributed by atoms with Crippen LogP contribution in [0.1, 0.15) is 23.4 Å². The van der Waals surface area contributed by atoms with Crippen LogP contribution in [0.15, 0.2) is 34.8 Å². The van der Waals surface area contributed by atoms with E-state index in [1.165, 1.54) is 20.9 Å². The maximum Gasteiger partial charge on any atom is 0.0361 e. The molecule has 3 heteroatoms. The molecule has 1 aromatic carbocycles. The maximum absolute atomic E-state index is 5.87. The van der Waals surface area contributed by atoms with E-state index in [9.17, 15) is 0 Å². The molecule has 1 atom stereocenters. The predicted molar refractivity (Wildman–Crippen MR) is 74.8 cm³/mol. The molecular weight excluding hydrogens is 282 g/mol. The minimum atomic E-state index is 0.113. The Hall–Kier alpha value is -0.640. The van der Waals surface area contributed by atoms with Crippen molar-refractivity contribution in [2.45, 2.75) is 19.9 Å². The topological polar surface area (TPSA) is 26.0 Å². The van der Waals surface area contributed by atoms with Crippen molar-refractivity contribution >= 4 is 27.3 Å². The summed E-state index contributed by atoms with van der Waals surface area (Å²) in [5.41, 5.74) is 8.39. The van der Waals surface area contributed by atoms with Crippen LogP contribution in [0.25, 0.3) is 10.4 Å². The van der Waals surface area contributed by atoms with Crippen LogP contribution in [0.5, 0.6) is 0 Å². The zero-order chi connectivity index (χ0) is 11.7. The number of nitrogens with two attached hydrogens (primary N) is 1. The van der Waals surface area contributed by atoms with Gasteiger partial charge < -0.3 is 5.73 Å². The van der Waals surface area contributed by atoms with Gasteiger partial charge in [-0.2, -0.15) is 0 Å². The number of hydrogen-bond donors (Lipinski definition) is 1. The molecule has 84 valence electrons. The van der Waals surface area contributed by atoms with Crippen LogP contribution in [0.2, 0.25) is 0 Å². The minimum Gasteiger partial charge on any atom is -0.324 e. The Morgan fingerprint density at radius 3 is 2.62 bits per heavy atom. The molecule has 1 aromatic heterocycles. The van der Waals surface area contributed by atoms with Crippen LogP contribution < -0.4 is 5.73 Å². The van der Waals surface area contributed by atoms with Crippen molar-refractivity contribution in [1.82, 2.24) is 0 Å². The number of halogens is 1. The monoisotopic (exact) mass is 295 g/mol. The van der Waals surface area contributed by atoms with Crippen molar-refractivity contribution in [3.8, 4) is 10.4 Å². The lowest BCUT2D eigenvalue weighted by atomic mass is 10.1. The predicted octanol–water partition coefficient (Wildman–Crippen LogP) is 4.51. The summed E-state index contributed by atoms with van der Waals surface area (Å²) < 4.78 is 1.14. The normalized spacial score (nSPS) is 12.8. The molecule has 0 bridgehead atoms. The zero-order valence-electron chi connectivity index (χ0n) is 9.33. The molecule has 1 unspecified atom stereocenters. The van der Waals surface area contributed by atoms with Gasteiger partial charge in [0.1, 0.15) is 0 Å². The molecule has 16 heavy (non-hydrogen) atoms. The first-order valence-corrected chi connectivity index (χ1v) is 6.80. The molecule has 0 aliphatic heterocycles. The third kappa shape index (κ3) is 2.37. The fraction of sp³-hybridized carbons (Fsp3) is 0.231. The highest BCUT2D eigenvalue weighted by Crippen LogP contribution is 2.35. The SMILES string of the molecule is Cc1ccc(Br)c(-c2ccc(C(C)N)s2)c1. The summed E-state index contributed by atoms with van der Waals surface area (Å²) in [6, 6.07) is 10.8. The van der Waals surface area contributed by atoms with Crippen molar-refractivity contribution < 1.29 is 0 Å². The second-order valence-electron chi connectivity index (χ2n) is 3.97. The largest absolute Gasteiger partial charge is 0.324 e.